The van der Waals surface area contributed by atoms with Crippen LogP contribution >= 0.6 is 11.6 Å². The van der Waals surface area contributed by atoms with Crippen LogP contribution in [0.1, 0.15) is 27.2 Å². The van der Waals surface area contributed by atoms with Gasteiger partial charge in [0.1, 0.15) is 12.1 Å². The van der Waals surface area contributed by atoms with E-state index < -0.39 is 34.1 Å². The van der Waals surface area contributed by atoms with E-state index in [1.54, 1.807) is 45.0 Å². The van der Waals surface area contributed by atoms with E-state index in [4.69, 9.17) is 16.7 Å². The van der Waals surface area contributed by atoms with E-state index in [1.165, 1.54) is 21.9 Å². The molecule has 1 heterocycles. The molecule has 0 aliphatic carbocycles. The first-order valence-corrected chi connectivity index (χ1v) is 13.1. The number of carbonyl (C=O) groups is 3. The summed E-state index contributed by atoms with van der Waals surface area (Å²) in [6, 6.07) is 7.72. The lowest BCUT2D eigenvalue weighted by molar-refractivity contribution is -0.144. The lowest BCUT2D eigenvalue weighted by Gasteiger charge is -2.33. The third-order valence-electron chi connectivity index (χ3n) is 5.98. The fourth-order valence-corrected chi connectivity index (χ4v) is 5.53. The highest BCUT2D eigenvalue weighted by atomic mass is 35.5. The Morgan fingerprint density at radius 2 is 1.83 bits per heavy atom. The average molecular weight is 525 g/mol. The molecule has 12 heteroatoms. The fraction of sp³-hybridized carbons (Fsp3) is 0.435. The monoisotopic (exact) mass is 524 g/mol. The molecule has 3 rings (SSSR count). The zero-order chi connectivity index (χ0) is 25.9. The number of likely N-dealkylation sites (tertiary alicyclic amines) is 1. The molecule has 3 amide bonds. The van der Waals surface area contributed by atoms with Crippen LogP contribution in [-0.4, -0.2) is 79.0 Å². The van der Waals surface area contributed by atoms with Crippen LogP contribution in [-0.2, 0) is 19.6 Å². The molecule has 2 aromatic rings. The molecule has 0 radical (unpaired) electrons. The summed E-state index contributed by atoms with van der Waals surface area (Å²) in [5.41, 5.74) is 0. The molecular weight excluding hydrogens is 496 g/mol. The van der Waals surface area contributed by atoms with Crippen LogP contribution in [0.5, 0.6) is 0 Å². The van der Waals surface area contributed by atoms with Crippen molar-refractivity contribution in [2.75, 3.05) is 19.6 Å². The van der Waals surface area contributed by atoms with Gasteiger partial charge in [-0.15, -0.1) is 0 Å². The van der Waals surface area contributed by atoms with Gasteiger partial charge in [0.15, 0.2) is 0 Å². The molecule has 0 spiro atoms. The van der Waals surface area contributed by atoms with E-state index in [0.29, 0.717) is 10.4 Å². The first-order chi connectivity index (χ1) is 16.4. The Balaban J connectivity index is 1.69. The van der Waals surface area contributed by atoms with Crippen LogP contribution < -0.4 is 10.0 Å². The largest absolute Gasteiger partial charge is 0.465 e. The second kappa shape index (κ2) is 10.8. The first kappa shape index (κ1) is 26.7. The summed E-state index contributed by atoms with van der Waals surface area (Å²) in [6.45, 7) is 5.61. The van der Waals surface area contributed by atoms with E-state index in [0.717, 1.165) is 5.39 Å². The summed E-state index contributed by atoms with van der Waals surface area (Å²) in [7, 11) is -3.99. The lowest BCUT2D eigenvalue weighted by Crippen LogP contribution is -2.53. The van der Waals surface area contributed by atoms with Crippen molar-refractivity contribution in [3.8, 4) is 0 Å². The van der Waals surface area contributed by atoms with Crippen molar-refractivity contribution < 1.29 is 27.9 Å². The van der Waals surface area contributed by atoms with Crippen LogP contribution in [0.2, 0.25) is 5.02 Å². The number of hydrogen-bond acceptors (Lipinski definition) is 5. The van der Waals surface area contributed by atoms with Gasteiger partial charge in [-0.1, -0.05) is 23.7 Å². The highest BCUT2D eigenvalue weighted by molar-refractivity contribution is 7.89. The third-order valence-corrected chi connectivity index (χ3v) is 7.69. The first-order valence-electron chi connectivity index (χ1n) is 11.2. The average Bonchev–Trinajstić information content (AvgIpc) is 3.14. The SMILES string of the molecule is CC(C)N(CCNC(=O)O)C(=O)[C@H](C)N1CC[C@H](NS(=O)(=O)c2ccc3cc(Cl)ccc3c2)C1=O. The molecule has 190 valence electrons. The van der Waals surface area contributed by atoms with E-state index >= 15 is 0 Å². The molecule has 2 aromatic carbocycles. The number of nitrogens with zero attached hydrogens (tertiary/aromatic N) is 2. The Morgan fingerprint density at radius 3 is 2.49 bits per heavy atom. The zero-order valence-corrected chi connectivity index (χ0v) is 21.3. The molecule has 0 saturated carbocycles. The van der Waals surface area contributed by atoms with Crippen molar-refractivity contribution in [2.45, 2.75) is 50.2 Å². The quantitative estimate of drug-likeness (QED) is 0.460. The maximum atomic E-state index is 13.1. The van der Waals surface area contributed by atoms with E-state index in [-0.39, 0.29) is 42.9 Å². The minimum absolute atomic E-state index is 0.0274. The van der Waals surface area contributed by atoms with E-state index in [9.17, 15) is 22.8 Å². The van der Waals surface area contributed by atoms with Gasteiger partial charge >= 0.3 is 6.09 Å². The van der Waals surface area contributed by atoms with Crippen LogP contribution in [0, 0.1) is 0 Å². The van der Waals surface area contributed by atoms with Gasteiger partial charge in [0.05, 0.1) is 4.90 Å². The van der Waals surface area contributed by atoms with E-state index in [2.05, 4.69) is 10.0 Å². The molecule has 1 aliphatic heterocycles. The van der Waals surface area contributed by atoms with Crippen molar-refractivity contribution in [2.24, 2.45) is 0 Å². The third kappa shape index (κ3) is 6.22. The van der Waals surface area contributed by atoms with Crippen LogP contribution in [0.25, 0.3) is 10.8 Å². The van der Waals surface area contributed by atoms with Gasteiger partial charge < -0.3 is 20.2 Å². The van der Waals surface area contributed by atoms with Crippen molar-refractivity contribution in [3.63, 3.8) is 0 Å². The number of halogens is 1. The maximum absolute atomic E-state index is 13.1. The number of amides is 3. The van der Waals surface area contributed by atoms with Gasteiger partial charge in [0.2, 0.25) is 21.8 Å². The standard InChI is InChI=1S/C23H29ClN4O6S/c1-14(2)27(11-9-25-23(31)32)21(29)15(3)28-10-8-20(22(28)30)26-35(33,34)19-7-5-16-12-18(24)6-4-17(16)13-19/h4-7,12-15,20,25-26H,8-11H2,1-3H3,(H,31,32)/t15-,20-/m0/s1. The summed E-state index contributed by atoms with van der Waals surface area (Å²) < 4.78 is 28.4. The molecule has 1 aliphatic rings. The topological polar surface area (TPSA) is 136 Å². The number of hydrogen-bond donors (Lipinski definition) is 3. The molecule has 0 unspecified atom stereocenters. The van der Waals surface area contributed by atoms with Crippen LogP contribution in [0.15, 0.2) is 41.3 Å². The van der Waals surface area contributed by atoms with E-state index in [1.807, 2.05) is 0 Å². The number of rotatable bonds is 9. The van der Waals surface area contributed by atoms with Gasteiger partial charge in [0, 0.05) is 30.7 Å². The summed E-state index contributed by atoms with van der Waals surface area (Å²) >= 11 is 5.99. The van der Waals surface area contributed by atoms with Crippen molar-refractivity contribution in [1.82, 2.24) is 19.8 Å². The normalized spacial score (nSPS) is 17.1. The molecule has 10 nitrogen and oxygen atoms in total. The maximum Gasteiger partial charge on any atom is 0.404 e. The molecule has 0 bridgehead atoms. The Hall–Kier alpha value is -2.89. The van der Waals surface area contributed by atoms with Gasteiger partial charge in [-0.2, -0.15) is 4.72 Å². The van der Waals surface area contributed by atoms with Crippen molar-refractivity contribution >= 4 is 50.3 Å². The molecular formula is C23H29ClN4O6S. The number of fused-ring (bicyclic) bond motifs is 1. The summed E-state index contributed by atoms with van der Waals surface area (Å²) in [5, 5.41) is 13.0. The minimum Gasteiger partial charge on any atom is -0.465 e. The van der Waals surface area contributed by atoms with Crippen molar-refractivity contribution in [1.29, 1.82) is 0 Å². The zero-order valence-electron chi connectivity index (χ0n) is 19.7. The van der Waals surface area contributed by atoms with Gasteiger partial charge in [-0.25, -0.2) is 13.2 Å². The van der Waals surface area contributed by atoms with Gasteiger partial charge in [-0.05, 0) is 62.2 Å². The minimum atomic E-state index is -3.99. The highest BCUT2D eigenvalue weighted by Crippen LogP contribution is 2.24. The summed E-state index contributed by atoms with van der Waals surface area (Å²) in [4.78, 5) is 39.7. The smallest absolute Gasteiger partial charge is 0.404 e. The number of carbonyl (C=O) groups excluding carboxylic acids is 2. The number of sulfonamides is 1. The molecule has 3 N–H and O–H groups in total. The number of nitrogens with one attached hydrogen (secondary N) is 2. The molecule has 2 atom stereocenters. The Kier molecular flexibility index (Phi) is 8.24. The molecule has 35 heavy (non-hydrogen) atoms. The Labute approximate surface area is 209 Å². The van der Waals surface area contributed by atoms with Crippen LogP contribution in [0.3, 0.4) is 0 Å². The molecule has 1 saturated heterocycles. The van der Waals surface area contributed by atoms with Crippen molar-refractivity contribution in [3.05, 3.63) is 41.4 Å². The lowest BCUT2D eigenvalue weighted by atomic mass is 10.1. The van der Waals surface area contributed by atoms with Gasteiger partial charge in [-0.3, -0.25) is 9.59 Å². The second-order valence-electron chi connectivity index (χ2n) is 8.68. The summed E-state index contributed by atoms with van der Waals surface area (Å²) in [5.74, 6) is -0.813. The fourth-order valence-electron chi connectivity index (χ4n) is 4.09. The predicted molar refractivity (Wildman–Crippen MR) is 132 cm³/mol. The molecule has 1 fully saturated rings. The number of carboxylic acid groups (broad SMARTS) is 1. The predicted octanol–water partition coefficient (Wildman–Crippen LogP) is 2.27. The Morgan fingerprint density at radius 1 is 1.17 bits per heavy atom. The summed E-state index contributed by atoms with van der Waals surface area (Å²) in [6.07, 6.45) is -0.963. The van der Waals surface area contributed by atoms with Crippen LogP contribution in [0.4, 0.5) is 4.79 Å². The molecule has 0 aromatic heterocycles. The number of benzene rings is 2. The Bertz CT molecular complexity index is 1240. The van der Waals surface area contributed by atoms with Gasteiger partial charge in [0.25, 0.3) is 0 Å². The highest BCUT2D eigenvalue weighted by Gasteiger charge is 2.40. The second-order valence-corrected chi connectivity index (χ2v) is 10.8.